The van der Waals surface area contributed by atoms with Gasteiger partial charge in [-0.2, -0.15) is 11.3 Å². The zero-order valence-electron chi connectivity index (χ0n) is 8.37. The number of methoxy groups -OCH3 is 1. The van der Waals surface area contributed by atoms with Crippen molar-refractivity contribution in [3.05, 3.63) is 21.9 Å². The highest BCUT2D eigenvalue weighted by Crippen LogP contribution is 2.18. The van der Waals surface area contributed by atoms with Gasteiger partial charge in [0.05, 0.1) is 7.11 Å². The van der Waals surface area contributed by atoms with Gasteiger partial charge >= 0.3 is 5.97 Å². The van der Waals surface area contributed by atoms with E-state index in [0.717, 1.165) is 5.56 Å². The Hall–Kier alpha value is -1.16. The van der Waals surface area contributed by atoms with Gasteiger partial charge in [0.1, 0.15) is 5.92 Å². The molecular weight excluding hydrogens is 200 g/mol. The monoisotopic (exact) mass is 212 g/mol. The van der Waals surface area contributed by atoms with Crippen molar-refractivity contribution < 1.29 is 14.3 Å². The summed E-state index contributed by atoms with van der Waals surface area (Å²) in [5, 5.41) is 3.65. The summed E-state index contributed by atoms with van der Waals surface area (Å²) in [4.78, 5) is 22.9. The molecule has 0 aromatic carbocycles. The van der Waals surface area contributed by atoms with E-state index in [9.17, 15) is 9.59 Å². The van der Waals surface area contributed by atoms with Crippen molar-refractivity contribution in [2.75, 3.05) is 7.11 Å². The number of carbonyl (C=O) groups excluding carboxylic acids is 2. The molecule has 0 aliphatic rings. The Morgan fingerprint density at radius 2 is 2.07 bits per heavy atom. The number of esters is 1. The first-order valence-corrected chi connectivity index (χ1v) is 5.17. The van der Waals surface area contributed by atoms with Crippen molar-refractivity contribution in [3.63, 3.8) is 0 Å². The van der Waals surface area contributed by atoms with E-state index in [4.69, 9.17) is 0 Å². The minimum atomic E-state index is -0.715. The largest absolute Gasteiger partial charge is 0.468 e. The van der Waals surface area contributed by atoms with Crippen molar-refractivity contribution >= 4 is 23.1 Å². The molecule has 1 aromatic heterocycles. The topological polar surface area (TPSA) is 43.4 Å². The molecule has 1 aromatic rings. The fraction of sp³-hybridized carbons (Fsp3) is 0.400. The molecule has 0 amide bonds. The fourth-order valence-corrected chi connectivity index (χ4v) is 1.97. The highest BCUT2D eigenvalue weighted by atomic mass is 32.1. The smallest absolute Gasteiger partial charge is 0.316 e. The van der Waals surface area contributed by atoms with Crippen LogP contribution in [0.15, 0.2) is 10.8 Å². The number of ether oxygens (including phenoxy) is 1. The van der Waals surface area contributed by atoms with Gasteiger partial charge < -0.3 is 4.74 Å². The first-order chi connectivity index (χ1) is 6.57. The lowest BCUT2D eigenvalue weighted by Crippen LogP contribution is -2.22. The number of hydrogen-bond acceptors (Lipinski definition) is 4. The molecule has 4 heteroatoms. The maximum Gasteiger partial charge on any atom is 0.316 e. The molecule has 3 nitrogen and oxygen atoms in total. The molecule has 0 fully saturated rings. The molecule has 0 aliphatic carbocycles. The van der Waals surface area contributed by atoms with Crippen molar-refractivity contribution in [1.29, 1.82) is 0 Å². The number of hydrogen-bond donors (Lipinski definition) is 0. The standard InChI is InChI=1S/C10H12O3S/c1-6-4-14-5-8(6)9(11)7(2)10(12)13-3/h4-5,7H,1-3H3. The van der Waals surface area contributed by atoms with E-state index in [-0.39, 0.29) is 5.78 Å². The van der Waals surface area contributed by atoms with E-state index < -0.39 is 11.9 Å². The highest BCUT2D eigenvalue weighted by Gasteiger charge is 2.24. The predicted molar refractivity (Wildman–Crippen MR) is 54.6 cm³/mol. The molecule has 76 valence electrons. The highest BCUT2D eigenvalue weighted by molar-refractivity contribution is 7.08. The average Bonchev–Trinajstić information content (AvgIpc) is 2.61. The first kappa shape index (κ1) is 10.9. The average molecular weight is 212 g/mol. The summed E-state index contributed by atoms with van der Waals surface area (Å²) in [6.45, 7) is 3.42. The lowest BCUT2D eigenvalue weighted by molar-refractivity contribution is -0.143. The van der Waals surface area contributed by atoms with Gasteiger partial charge in [-0.05, 0) is 24.8 Å². The third kappa shape index (κ3) is 2.01. The number of ketones is 1. The predicted octanol–water partition coefficient (Wildman–Crippen LogP) is 2.05. The van der Waals surface area contributed by atoms with Crippen LogP contribution in [0.3, 0.4) is 0 Å². The molecule has 1 heterocycles. The van der Waals surface area contributed by atoms with Gasteiger partial charge in [-0.15, -0.1) is 0 Å². The van der Waals surface area contributed by atoms with E-state index in [0.29, 0.717) is 5.56 Å². The lowest BCUT2D eigenvalue weighted by Gasteiger charge is -2.07. The Morgan fingerprint density at radius 1 is 1.43 bits per heavy atom. The minimum Gasteiger partial charge on any atom is -0.468 e. The van der Waals surface area contributed by atoms with Crippen molar-refractivity contribution in [2.45, 2.75) is 13.8 Å². The Morgan fingerprint density at radius 3 is 2.50 bits per heavy atom. The number of thiophene rings is 1. The van der Waals surface area contributed by atoms with Crippen LogP contribution in [0.2, 0.25) is 0 Å². The molecule has 0 saturated carbocycles. The summed E-state index contributed by atoms with van der Waals surface area (Å²) in [5.41, 5.74) is 1.53. The summed E-state index contributed by atoms with van der Waals surface area (Å²) in [7, 11) is 1.28. The molecule has 1 unspecified atom stereocenters. The second-order valence-corrected chi connectivity index (χ2v) is 3.82. The van der Waals surface area contributed by atoms with Crippen LogP contribution < -0.4 is 0 Å². The first-order valence-electron chi connectivity index (χ1n) is 4.22. The van der Waals surface area contributed by atoms with Gasteiger partial charge in [-0.25, -0.2) is 0 Å². The summed E-state index contributed by atoms with van der Waals surface area (Å²) >= 11 is 1.46. The van der Waals surface area contributed by atoms with Crippen LogP contribution in [-0.2, 0) is 9.53 Å². The molecule has 1 rings (SSSR count). The molecule has 14 heavy (non-hydrogen) atoms. The lowest BCUT2D eigenvalue weighted by atomic mass is 9.99. The van der Waals surface area contributed by atoms with Crippen molar-refractivity contribution in [1.82, 2.24) is 0 Å². The molecular formula is C10H12O3S. The van der Waals surface area contributed by atoms with Gasteiger partial charge in [0.15, 0.2) is 5.78 Å². The fourth-order valence-electron chi connectivity index (χ4n) is 1.13. The zero-order chi connectivity index (χ0) is 10.7. The molecule has 0 radical (unpaired) electrons. The number of aryl methyl sites for hydroxylation is 1. The van der Waals surface area contributed by atoms with Crippen LogP contribution in [0, 0.1) is 12.8 Å². The Labute approximate surface area is 86.7 Å². The van der Waals surface area contributed by atoms with E-state index >= 15 is 0 Å². The number of Topliss-reactive ketones (excluding diaryl/α,β-unsaturated/α-hetero) is 1. The molecule has 0 bridgehead atoms. The van der Waals surface area contributed by atoms with Crippen LogP contribution in [-0.4, -0.2) is 18.9 Å². The van der Waals surface area contributed by atoms with E-state index in [1.165, 1.54) is 18.4 Å². The van der Waals surface area contributed by atoms with E-state index in [1.807, 2.05) is 12.3 Å². The number of rotatable bonds is 3. The quantitative estimate of drug-likeness (QED) is 0.437. The van der Waals surface area contributed by atoms with Crippen molar-refractivity contribution in [2.24, 2.45) is 5.92 Å². The van der Waals surface area contributed by atoms with Gasteiger partial charge in [0.25, 0.3) is 0 Å². The zero-order valence-corrected chi connectivity index (χ0v) is 9.18. The third-order valence-corrected chi connectivity index (χ3v) is 2.93. The van der Waals surface area contributed by atoms with Crippen molar-refractivity contribution in [3.8, 4) is 0 Å². The van der Waals surface area contributed by atoms with E-state index in [2.05, 4.69) is 4.74 Å². The van der Waals surface area contributed by atoms with Crippen LogP contribution in [0.25, 0.3) is 0 Å². The SMILES string of the molecule is COC(=O)C(C)C(=O)c1cscc1C. The maximum absolute atomic E-state index is 11.7. The second kappa shape index (κ2) is 4.37. The Balaban J connectivity index is 2.86. The molecule has 1 atom stereocenters. The van der Waals surface area contributed by atoms with Crippen LogP contribution in [0.4, 0.5) is 0 Å². The van der Waals surface area contributed by atoms with E-state index in [1.54, 1.807) is 12.3 Å². The van der Waals surface area contributed by atoms with Gasteiger partial charge in [-0.3, -0.25) is 9.59 Å². The summed E-state index contributed by atoms with van der Waals surface area (Å²) < 4.78 is 4.51. The molecule has 0 saturated heterocycles. The molecule has 0 aliphatic heterocycles. The summed E-state index contributed by atoms with van der Waals surface area (Å²) in [5.74, 6) is -1.37. The summed E-state index contributed by atoms with van der Waals surface area (Å²) in [6.07, 6.45) is 0. The number of carbonyl (C=O) groups is 2. The van der Waals surface area contributed by atoms with Gasteiger partial charge in [0, 0.05) is 10.9 Å². The van der Waals surface area contributed by atoms with Crippen LogP contribution >= 0.6 is 11.3 Å². The Kier molecular flexibility index (Phi) is 3.41. The third-order valence-electron chi connectivity index (χ3n) is 2.07. The Bertz CT molecular complexity index is 354. The maximum atomic E-state index is 11.7. The van der Waals surface area contributed by atoms with Crippen LogP contribution in [0.1, 0.15) is 22.8 Å². The normalized spacial score (nSPS) is 12.2. The minimum absolute atomic E-state index is 0.171. The molecule has 0 spiro atoms. The van der Waals surface area contributed by atoms with Gasteiger partial charge in [-0.1, -0.05) is 0 Å². The molecule has 0 N–H and O–H groups in total. The summed E-state index contributed by atoms with van der Waals surface area (Å²) in [6, 6.07) is 0. The van der Waals surface area contributed by atoms with Gasteiger partial charge in [0.2, 0.25) is 0 Å². The van der Waals surface area contributed by atoms with Crippen LogP contribution in [0.5, 0.6) is 0 Å². The second-order valence-electron chi connectivity index (χ2n) is 3.08.